The van der Waals surface area contributed by atoms with Crippen molar-refractivity contribution in [1.29, 1.82) is 0 Å². The van der Waals surface area contributed by atoms with Crippen LogP contribution in [0, 0.1) is 0 Å². The number of sulfonamides is 1. The van der Waals surface area contributed by atoms with Crippen LogP contribution in [-0.2, 0) is 32.5 Å². The maximum absolute atomic E-state index is 13.3. The fourth-order valence-electron chi connectivity index (χ4n) is 3.23. The van der Waals surface area contributed by atoms with Gasteiger partial charge in [0.25, 0.3) is 0 Å². The summed E-state index contributed by atoms with van der Waals surface area (Å²) < 4.78 is 39.6. The summed E-state index contributed by atoms with van der Waals surface area (Å²) >= 11 is 0. The standard InChI is InChI=1S/C18H23N3O5S/c1-12(2)20-11-19-15-9-16(18(22)26-4)21(10-17(15)20)27(23,24)14-7-5-13(25-3)6-8-14/h5-8,11-12,16H,9-10H2,1-4H3. The zero-order valence-electron chi connectivity index (χ0n) is 15.7. The molecule has 0 saturated carbocycles. The van der Waals surface area contributed by atoms with Gasteiger partial charge in [0.05, 0.1) is 43.4 Å². The van der Waals surface area contributed by atoms with E-state index in [1.165, 1.54) is 30.7 Å². The summed E-state index contributed by atoms with van der Waals surface area (Å²) in [6.45, 7) is 4.05. The number of imidazole rings is 1. The van der Waals surface area contributed by atoms with E-state index >= 15 is 0 Å². The molecule has 1 unspecified atom stereocenters. The highest BCUT2D eigenvalue weighted by molar-refractivity contribution is 7.89. The lowest BCUT2D eigenvalue weighted by Crippen LogP contribution is -2.49. The Balaban J connectivity index is 2.05. The number of esters is 1. The fraction of sp³-hybridized carbons (Fsp3) is 0.444. The lowest BCUT2D eigenvalue weighted by Gasteiger charge is -2.33. The molecule has 1 aromatic carbocycles. The van der Waals surface area contributed by atoms with Gasteiger partial charge in [-0.1, -0.05) is 0 Å². The topological polar surface area (TPSA) is 90.7 Å². The van der Waals surface area contributed by atoms with E-state index < -0.39 is 22.0 Å². The van der Waals surface area contributed by atoms with Gasteiger partial charge in [0.2, 0.25) is 10.0 Å². The van der Waals surface area contributed by atoms with Crippen molar-refractivity contribution in [3.05, 3.63) is 42.0 Å². The zero-order chi connectivity index (χ0) is 19.8. The number of nitrogens with zero attached hydrogens (tertiary/aromatic N) is 3. The summed E-state index contributed by atoms with van der Waals surface area (Å²) in [4.78, 5) is 16.8. The van der Waals surface area contributed by atoms with Gasteiger partial charge in [0.15, 0.2) is 0 Å². The van der Waals surface area contributed by atoms with E-state index in [-0.39, 0.29) is 23.9 Å². The van der Waals surface area contributed by atoms with Crippen molar-refractivity contribution in [2.24, 2.45) is 0 Å². The maximum Gasteiger partial charge on any atom is 0.324 e. The third-order valence-corrected chi connectivity index (χ3v) is 6.59. The molecule has 1 atom stereocenters. The Morgan fingerprint density at radius 1 is 1.22 bits per heavy atom. The molecule has 1 aliphatic rings. The van der Waals surface area contributed by atoms with Gasteiger partial charge in [-0.05, 0) is 38.1 Å². The van der Waals surface area contributed by atoms with E-state index in [9.17, 15) is 13.2 Å². The Labute approximate surface area is 158 Å². The van der Waals surface area contributed by atoms with Crippen molar-refractivity contribution in [2.75, 3.05) is 14.2 Å². The van der Waals surface area contributed by atoms with Crippen molar-refractivity contribution in [3.63, 3.8) is 0 Å². The molecule has 0 N–H and O–H groups in total. The summed E-state index contributed by atoms with van der Waals surface area (Å²) in [5.41, 5.74) is 1.52. The Bertz CT molecular complexity index is 934. The van der Waals surface area contributed by atoms with E-state index in [0.29, 0.717) is 5.75 Å². The molecule has 2 heterocycles. The second-order valence-corrected chi connectivity index (χ2v) is 8.50. The highest BCUT2D eigenvalue weighted by Gasteiger charge is 2.42. The predicted octanol–water partition coefficient (Wildman–Crippen LogP) is 1.76. The van der Waals surface area contributed by atoms with E-state index in [0.717, 1.165) is 11.4 Å². The number of methoxy groups -OCH3 is 2. The van der Waals surface area contributed by atoms with Crippen LogP contribution in [0.15, 0.2) is 35.5 Å². The number of fused-ring (bicyclic) bond motifs is 1. The third-order valence-electron chi connectivity index (χ3n) is 4.72. The number of benzene rings is 1. The molecular formula is C18H23N3O5S. The number of ether oxygens (including phenoxy) is 2. The van der Waals surface area contributed by atoms with Crippen LogP contribution in [0.3, 0.4) is 0 Å². The molecule has 0 radical (unpaired) electrons. The van der Waals surface area contributed by atoms with Gasteiger partial charge in [-0.15, -0.1) is 0 Å². The number of hydrogen-bond donors (Lipinski definition) is 0. The first-order valence-corrected chi connectivity index (χ1v) is 10.0. The quantitative estimate of drug-likeness (QED) is 0.719. The highest BCUT2D eigenvalue weighted by atomic mass is 32.2. The molecule has 0 saturated heterocycles. The molecule has 3 rings (SSSR count). The molecule has 146 valence electrons. The fourth-order valence-corrected chi connectivity index (χ4v) is 4.77. The van der Waals surface area contributed by atoms with Crippen molar-refractivity contribution in [1.82, 2.24) is 13.9 Å². The Morgan fingerprint density at radius 2 is 1.89 bits per heavy atom. The van der Waals surface area contributed by atoms with Crippen molar-refractivity contribution in [2.45, 2.75) is 43.8 Å². The molecule has 8 nitrogen and oxygen atoms in total. The highest BCUT2D eigenvalue weighted by Crippen LogP contribution is 2.31. The van der Waals surface area contributed by atoms with Crippen LogP contribution in [0.1, 0.15) is 31.3 Å². The summed E-state index contributed by atoms with van der Waals surface area (Å²) in [5.74, 6) is -0.0471. The van der Waals surface area contributed by atoms with Crippen molar-refractivity contribution in [3.8, 4) is 5.75 Å². The Hall–Kier alpha value is -2.39. The second-order valence-electron chi connectivity index (χ2n) is 6.61. The van der Waals surface area contributed by atoms with Crippen LogP contribution in [0.25, 0.3) is 0 Å². The molecule has 0 aliphatic carbocycles. The minimum Gasteiger partial charge on any atom is -0.497 e. The largest absolute Gasteiger partial charge is 0.497 e. The summed E-state index contributed by atoms with van der Waals surface area (Å²) in [6, 6.07) is 5.27. The monoisotopic (exact) mass is 393 g/mol. The molecule has 27 heavy (non-hydrogen) atoms. The molecule has 0 spiro atoms. The first kappa shape index (κ1) is 19.4. The van der Waals surface area contributed by atoms with Gasteiger partial charge in [0.1, 0.15) is 11.8 Å². The molecule has 1 aromatic heterocycles. The molecule has 0 amide bonds. The number of carbonyl (C=O) groups is 1. The number of aromatic nitrogens is 2. The second kappa shape index (κ2) is 7.32. The predicted molar refractivity (Wildman–Crippen MR) is 97.8 cm³/mol. The van der Waals surface area contributed by atoms with Crippen molar-refractivity contribution >= 4 is 16.0 Å². The van der Waals surface area contributed by atoms with Gasteiger partial charge in [-0.2, -0.15) is 4.31 Å². The molecule has 0 bridgehead atoms. The molecule has 2 aromatic rings. The number of carbonyl (C=O) groups excluding carboxylic acids is 1. The van der Waals surface area contributed by atoms with Crippen LogP contribution < -0.4 is 4.74 Å². The first-order valence-electron chi connectivity index (χ1n) is 8.58. The summed E-state index contributed by atoms with van der Waals surface area (Å²) in [6.07, 6.45) is 1.87. The number of hydrogen-bond acceptors (Lipinski definition) is 6. The summed E-state index contributed by atoms with van der Waals surface area (Å²) in [5, 5.41) is 0. The SMILES string of the molecule is COC(=O)C1Cc2ncn(C(C)C)c2CN1S(=O)(=O)c1ccc(OC)cc1. The van der Waals surface area contributed by atoms with E-state index in [2.05, 4.69) is 4.98 Å². The molecule has 9 heteroatoms. The third kappa shape index (κ3) is 3.44. The van der Waals surface area contributed by atoms with Crippen LogP contribution >= 0.6 is 0 Å². The number of rotatable bonds is 5. The van der Waals surface area contributed by atoms with Crippen LogP contribution in [-0.4, -0.2) is 48.5 Å². The van der Waals surface area contributed by atoms with Crippen LogP contribution in [0.2, 0.25) is 0 Å². The zero-order valence-corrected chi connectivity index (χ0v) is 16.6. The van der Waals surface area contributed by atoms with Gasteiger partial charge >= 0.3 is 5.97 Å². The van der Waals surface area contributed by atoms with Gasteiger partial charge in [-0.25, -0.2) is 13.4 Å². The summed E-state index contributed by atoms with van der Waals surface area (Å²) in [7, 11) is -1.16. The van der Waals surface area contributed by atoms with E-state index in [1.807, 2.05) is 18.4 Å². The van der Waals surface area contributed by atoms with Gasteiger partial charge < -0.3 is 14.0 Å². The first-order chi connectivity index (χ1) is 12.8. The van der Waals surface area contributed by atoms with E-state index in [1.54, 1.807) is 18.5 Å². The lowest BCUT2D eigenvalue weighted by molar-refractivity contribution is -0.145. The molecular weight excluding hydrogens is 370 g/mol. The van der Waals surface area contributed by atoms with Crippen LogP contribution in [0.5, 0.6) is 5.75 Å². The van der Waals surface area contributed by atoms with Crippen LogP contribution in [0.4, 0.5) is 0 Å². The van der Waals surface area contributed by atoms with Gasteiger partial charge in [-0.3, -0.25) is 4.79 Å². The normalized spacial score (nSPS) is 17.6. The van der Waals surface area contributed by atoms with Gasteiger partial charge in [0, 0.05) is 12.5 Å². The molecule has 1 aliphatic heterocycles. The average Bonchev–Trinajstić information content (AvgIpc) is 3.09. The average molecular weight is 393 g/mol. The smallest absolute Gasteiger partial charge is 0.324 e. The minimum atomic E-state index is -3.92. The van der Waals surface area contributed by atoms with E-state index in [4.69, 9.17) is 9.47 Å². The lowest BCUT2D eigenvalue weighted by atomic mass is 10.1. The Morgan fingerprint density at radius 3 is 2.44 bits per heavy atom. The minimum absolute atomic E-state index is 0.0572. The maximum atomic E-state index is 13.3. The Kier molecular flexibility index (Phi) is 5.25. The molecule has 0 fully saturated rings. The van der Waals surface area contributed by atoms with Crippen molar-refractivity contribution < 1.29 is 22.7 Å².